The molecule has 0 aromatic heterocycles. The number of aliphatic hydroxyl groups is 1. The molecule has 1 saturated heterocycles. The topological polar surface area (TPSA) is 52.6 Å². The summed E-state index contributed by atoms with van der Waals surface area (Å²) in [6, 6.07) is 0.358. The Morgan fingerprint density at radius 1 is 1.26 bits per heavy atom. The Hall–Kier alpha value is -0.610. The fraction of sp³-hybridized carbons (Fsp3) is 0.933. The van der Waals surface area contributed by atoms with Crippen LogP contribution in [0.15, 0.2) is 0 Å². The van der Waals surface area contributed by atoms with Gasteiger partial charge in [0, 0.05) is 6.04 Å². The van der Waals surface area contributed by atoms with Crippen molar-refractivity contribution in [2.75, 3.05) is 0 Å². The molecule has 2 rings (SSSR count). The van der Waals surface area contributed by atoms with Gasteiger partial charge in [0.05, 0.1) is 18.3 Å². The highest BCUT2D eigenvalue weighted by Crippen LogP contribution is 2.29. The van der Waals surface area contributed by atoms with Crippen LogP contribution in [0.5, 0.6) is 0 Å². The van der Waals surface area contributed by atoms with Crippen molar-refractivity contribution in [1.29, 1.82) is 0 Å². The zero-order valence-electron chi connectivity index (χ0n) is 12.3. The molecule has 0 aromatic carbocycles. The number of nitrogens with one attached hydrogen (secondary N) is 1. The molecule has 0 bridgehead atoms. The summed E-state index contributed by atoms with van der Waals surface area (Å²) in [7, 11) is 0. The molecule has 2 unspecified atom stereocenters. The minimum Gasteiger partial charge on any atom is -0.393 e. The van der Waals surface area contributed by atoms with E-state index in [1.54, 1.807) is 0 Å². The molecule has 0 spiro atoms. The fourth-order valence-electron chi connectivity index (χ4n) is 3.42. The van der Waals surface area contributed by atoms with Gasteiger partial charge in [-0.2, -0.15) is 0 Å². The van der Waals surface area contributed by atoms with Gasteiger partial charge in [-0.05, 0) is 38.5 Å². The molecule has 1 aliphatic carbocycles. The molecule has 1 aliphatic heterocycles. The van der Waals surface area contributed by atoms with Gasteiger partial charge < -0.3 is 10.0 Å². The molecule has 2 N–H and O–H groups in total. The number of nitrogens with zero attached hydrogens (tertiary/aromatic N) is 1. The summed E-state index contributed by atoms with van der Waals surface area (Å²) in [6.45, 7) is 4.30. The fourth-order valence-corrected chi connectivity index (χ4v) is 3.42. The smallest absolute Gasteiger partial charge is 0.241 e. The first-order valence-electron chi connectivity index (χ1n) is 7.93. The third-order valence-corrected chi connectivity index (χ3v) is 4.57. The zero-order chi connectivity index (χ0) is 13.8. The Labute approximate surface area is 116 Å². The lowest BCUT2D eigenvalue weighted by Crippen LogP contribution is -2.46. The molecule has 4 nitrogen and oxygen atoms in total. The summed E-state index contributed by atoms with van der Waals surface area (Å²) in [5, 5.41) is 13.1. The van der Waals surface area contributed by atoms with Crippen molar-refractivity contribution in [1.82, 2.24) is 10.2 Å². The second kappa shape index (κ2) is 6.71. The number of unbranched alkanes of at least 4 members (excludes halogenated alkanes) is 1. The molecule has 2 fully saturated rings. The number of hydrogen-bond acceptors (Lipinski definition) is 3. The lowest BCUT2D eigenvalue weighted by molar-refractivity contribution is -0.133. The van der Waals surface area contributed by atoms with Gasteiger partial charge in [-0.25, -0.2) is 0 Å². The predicted molar refractivity (Wildman–Crippen MR) is 75.6 cm³/mol. The van der Waals surface area contributed by atoms with Gasteiger partial charge in [0.1, 0.15) is 0 Å². The number of rotatable bonds is 5. The van der Waals surface area contributed by atoms with Crippen molar-refractivity contribution >= 4 is 5.91 Å². The zero-order valence-corrected chi connectivity index (χ0v) is 12.3. The minimum absolute atomic E-state index is 0.0248. The van der Waals surface area contributed by atoms with Crippen molar-refractivity contribution in [2.24, 2.45) is 0 Å². The molecule has 110 valence electrons. The third-order valence-electron chi connectivity index (χ3n) is 4.57. The molecule has 0 radical (unpaired) electrons. The van der Waals surface area contributed by atoms with Crippen molar-refractivity contribution in [3.63, 3.8) is 0 Å². The van der Waals surface area contributed by atoms with Crippen LogP contribution < -0.4 is 5.32 Å². The SMILES string of the molecule is CCCCC1NC(CC)N(C2CCC(O)CC2)C1=O. The summed E-state index contributed by atoms with van der Waals surface area (Å²) < 4.78 is 0. The molecule has 4 heteroatoms. The van der Waals surface area contributed by atoms with Gasteiger partial charge in [-0.15, -0.1) is 0 Å². The maximum atomic E-state index is 12.6. The highest BCUT2D eigenvalue weighted by atomic mass is 16.3. The van der Waals surface area contributed by atoms with E-state index in [1.165, 1.54) is 0 Å². The van der Waals surface area contributed by atoms with Gasteiger partial charge in [0.2, 0.25) is 5.91 Å². The average molecular weight is 268 g/mol. The van der Waals surface area contributed by atoms with Crippen LogP contribution in [-0.2, 0) is 4.79 Å². The summed E-state index contributed by atoms with van der Waals surface area (Å²) >= 11 is 0. The Kier molecular flexibility index (Phi) is 5.22. The molecule has 2 aliphatic rings. The second-order valence-electron chi connectivity index (χ2n) is 5.99. The van der Waals surface area contributed by atoms with Crippen molar-refractivity contribution < 1.29 is 9.90 Å². The molecule has 19 heavy (non-hydrogen) atoms. The van der Waals surface area contributed by atoms with Crippen molar-refractivity contribution in [2.45, 2.75) is 89.6 Å². The Bertz CT molecular complexity index is 301. The van der Waals surface area contributed by atoms with Crippen LogP contribution in [0.3, 0.4) is 0 Å². The largest absolute Gasteiger partial charge is 0.393 e. The van der Waals surface area contributed by atoms with Crippen molar-refractivity contribution in [3.8, 4) is 0 Å². The Morgan fingerprint density at radius 3 is 2.53 bits per heavy atom. The molecule has 1 saturated carbocycles. The van der Waals surface area contributed by atoms with Crippen LogP contribution in [0, 0.1) is 0 Å². The second-order valence-corrected chi connectivity index (χ2v) is 5.99. The third kappa shape index (κ3) is 3.29. The van der Waals surface area contributed by atoms with Crippen LogP contribution in [0.1, 0.15) is 65.2 Å². The summed E-state index contributed by atoms with van der Waals surface area (Å²) in [6.07, 6.45) is 7.79. The predicted octanol–water partition coefficient (Wildman–Crippen LogP) is 2.02. The molecule has 1 amide bonds. The number of amides is 1. The Morgan fingerprint density at radius 2 is 1.95 bits per heavy atom. The van der Waals surface area contributed by atoms with Crippen LogP contribution in [0.2, 0.25) is 0 Å². The van der Waals surface area contributed by atoms with Gasteiger partial charge in [0.15, 0.2) is 0 Å². The molecular formula is C15H28N2O2. The molecule has 2 atom stereocenters. The van der Waals surface area contributed by atoms with E-state index in [9.17, 15) is 9.90 Å². The Balaban J connectivity index is 1.99. The normalized spacial score (nSPS) is 35.9. The average Bonchev–Trinajstić information content (AvgIpc) is 2.74. The van der Waals surface area contributed by atoms with E-state index in [0.717, 1.165) is 51.4 Å². The van der Waals surface area contributed by atoms with Crippen LogP contribution in [0.4, 0.5) is 0 Å². The maximum absolute atomic E-state index is 12.6. The van der Waals surface area contributed by atoms with E-state index in [4.69, 9.17) is 0 Å². The van der Waals surface area contributed by atoms with Crippen LogP contribution >= 0.6 is 0 Å². The van der Waals surface area contributed by atoms with Crippen molar-refractivity contribution in [3.05, 3.63) is 0 Å². The van der Waals surface area contributed by atoms with Crippen LogP contribution in [-0.4, -0.2) is 40.3 Å². The van der Waals surface area contributed by atoms with Gasteiger partial charge in [0.25, 0.3) is 0 Å². The maximum Gasteiger partial charge on any atom is 0.241 e. The summed E-state index contributed by atoms with van der Waals surface area (Å²) in [5.41, 5.74) is 0. The highest BCUT2D eigenvalue weighted by Gasteiger charge is 2.41. The lowest BCUT2D eigenvalue weighted by Gasteiger charge is -2.36. The van der Waals surface area contributed by atoms with E-state index in [0.29, 0.717) is 11.9 Å². The van der Waals surface area contributed by atoms with E-state index in [-0.39, 0.29) is 18.3 Å². The van der Waals surface area contributed by atoms with E-state index < -0.39 is 0 Å². The van der Waals surface area contributed by atoms with Gasteiger partial charge in [-0.3, -0.25) is 10.1 Å². The first-order valence-corrected chi connectivity index (χ1v) is 7.93. The highest BCUT2D eigenvalue weighted by molar-refractivity contribution is 5.84. The number of aliphatic hydroxyl groups excluding tert-OH is 1. The van der Waals surface area contributed by atoms with Gasteiger partial charge >= 0.3 is 0 Å². The number of carbonyl (C=O) groups is 1. The molecule has 1 heterocycles. The number of carbonyl (C=O) groups excluding carboxylic acids is 1. The van der Waals surface area contributed by atoms with Crippen LogP contribution in [0.25, 0.3) is 0 Å². The minimum atomic E-state index is -0.155. The quantitative estimate of drug-likeness (QED) is 0.802. The number of hydrogen-bond donors (Lipinski definition) is 2. The first-order chi connectivity index (χ1) is 9.17. The molecule has 0 aromatic rings. The molecular weight excluding hydrogens is 240 g/mol. The van der Waals surface area contributed by atoms with E-state index >= 15 is 0 Å². The summed E-state index contributed by atoms with van der Waals surface area (Å²) in [5.74, 6) is 0.293. The standard InChI is InChI=1S/C15H28N2O2/c1-3-5-6-13-15(19)17(14(4-2)16-13)11-7-9-12(18)10-8-11/h11-14,16,18H,3-10H2,1-2H3. The lowest BCUT2D eigenvalue weighted by atomic mass is 9.91. The van der Waals surface area contributed by atoms with E-state index in [1.807, 2.05) is 0 Å². The monoisotopic (exact) mass is 268 g/mol. The van der Waals surface area contributed by atoms with Gasteiger partial charge in [-0.1, -0.05) is 26.7 Å². The van der Waals surface area contributed by atoms with E-state index in [2.05, 4.69) is 24.1 Å². The summed E-state index contributed by atoms with van der Waals surface area (Å²) in [4.78, 5) is 14.7. The first kappa shape index (κ1) is 14.8.